The molecular weight excluding hydrogens is 310 g/mol. The van der Waals surface area contributed by atoms with Crippen LogP contribution in [0.1, 0.15) is 34.7 Å². The molecule has 0 aliphatic carbocycles. The number of aryl methyl sites for hydroxylation is 2. The van der Waals surface area contributed by atoms with E-state index < -0.39 is 0 Å². The van der Waals surface area contributed by atoms with Gasteiger partial charge in [-0.25, -0.2) is 0 Å². The van der Waals surface area contributed by atoms with Gasteiger partial charge >= 0.3 is 0 Å². The van der Waals surface area contributed by atoms with Crippen LogP contribution in [-0.4, -0.2) is 15.7 Å². The van der Waals surface area contributed by atoms with Gasteiger partial charge in [0, 0.05) is 25.6 Å². The smallest absolute Gasteiger partial charge is 0.221 e. The van der Waals surface area contributed by atoms with Crippen LogP contribution in [0.5, 0.6) is 0 Å². The van der Waals surface area contributed by atoms with Crippen molar-refractivity contribution in [3.05, 3.63) is 89.2 Å². The molecule has 0 bridgehead atoms. The molecular formula is C21H23N3O. The SMILES string of the molecule is Cc1ccc(C(CC(=O)NCc2ccnn2C)c2ccccc2)cc1. The van der Waals surface area contributed by atoms with E-state index >= 15 is 0 Å². The van der Waals surface area contributed by atoms with Crippen LogP contribution in [0.15, 0.2) is 66.9 Å². The molecule has 128 valence electrons. The van der Waals surface area contributed by atoms with Crippen LogP contribution < -0.4 is 5.32 Å². The van der Waals surface area contributed by atoms with E-state index in [-0.39, 0.29) is 11.8 Å². The first kappa shape index (κ1) is 17.0. The molecule has 0 aliphatic rings. The normalized spacial score (nSPS) is 11.9. The van der Waals surface area contributed by atoms with Crippen LogP contribution in [0, 0.1) is 6.92 Å². The number of nitrogens with zero attached hydrogens (tertiary/aromatic N) is 2. The maximum absolute atomic E-state index is 12.5. The van der Waals surface area contributed by atoms with Gasteiger partial charge in [-0.15, -0.1) is 0 Å². The number of amides is 1. The molecule has 1 heterocycles. The highest BCUT2D eigenvalue weighted by Gasteiger charge is 2.18. The van der Waals surface area contributed by atoms with Gasteiger partial charge in [0.15, 0.2) is 0 Å². The molecule has 4 heteroatoms. The van der Waals surface area contributed by atoms with Crippen LogP contribution in [0.4, 0.5) is 0 Å². The molecule has 0 saturated heterocycles. The predicted octanol–water partition coefficient (Wildman–Crippen LogP) is 3.57. The first-order valence-electron chi connectivity index (χ1n) is 8.48. The zero-order valence-corrected chi connectivity index (χ0v) is 14.6. The minimum atomic E-state index is 0.0376. The lowest BCUT2D eigenvalue weighted by Crippen LogP contribution is -2.26. The second-order valence-corrected chi connectivity index (χ2v) is 6.30. The third-order valence-corrected chi connectivity index (χ3v) is 4.46. The molecule has 0 saturated carbocycles. The number of carbonyl (C=O) groups excluding carboxylic acids is 1. The number of rotatable bonds is 6. The second-order valence-electron chi connectivity index (χ2n) is 6.30. The minimum absolute atomic E-state index is 0.0376. The molecule has 1 aromatic heterocycles. The Morgan fingerprint density at radius 1 is 1.04 bits per heavy atom. The molecule has 0 fully saturated rings. The van der Waals surface area contributed by atoms with E-state index in [4.69, 9.17) is 0 Å². The molecule has 0 aliphatic heterocycles. The van der Waals surface area contributed by atoms with E-state index in [1.807, 2.05) is 31.3 Å². The highest BCUT2D eigenvalue weighted by atomic mass is 16.1. The van der Waals surface area contributed by atoms with Crippen molar-refractivity contribution in [3.63, 3.8) is 0 Å². The summed E-state index contributed by atoms with van der Waals surface area (Å²) in [5.41, 5.74) is 4.52. The Balaban J connectivity index is 1.74. The van der Waals surface area contributed by atoms with Gasteiger partial charge < -0.3 is 5.32 Å². The number of carbonyl (C=O) groups is 1. The maximum atomic E-state index is 12.5. The van der Waals surface area contributed by atoms with Gasteiger partial charge in [0.25, 0.3) is 0 Å². The number of benzene rings is 2. The molecule has 1 N–H and O–H groups in total. The first-order valence-corrected chi connectivity index (χ1v) is 8.48. The summed E-state index contributed by atoms with van der Waals surface area (Å²) in [6, 6.07) is 20.5. The lowest BCUT2D eigenvalue weighted by atomic mass is 9.88. The van der Waals surface area contributed by atoms with Crippen molar-refractivity contribution in [1.82, 2.24) is 15.1 Å². The summed E-state index contributed by atoms with van der Waals surface area (Å²) in [5.74, 6) is 0.0870. The zero-order valence-electron chi connectivity index (χ0n) is 14.6. The standard InChI is InChI=1S/C21H23N3O/c1-16-8-10-18(11-9-16)20(17-6-4-3-5-7-17)14-21(25)22-15-19-12-13-23-24(19)2/h3-13,20H,14-15H2,1-2H3,(H,22,25). The fraction of sp³-hybridized carbons (Fsp3) is 0.238. The van der Waals surface area contributed by atoms with Gasteiger partial charge in [-0.3, -0.25) is 9.48 Å². The van der Waals surface area contributed by atoms with Crippen molar-refractivity contribution in [3.8, 4) is 0 Å². The van der Waals surface area contributed by atoms with E-state index in [1.165, 1.54) is 5.56 Å². The van der Waals surface area contributed by atoms with Gasteiger partial charge in [0.05, 0.1) is 12.2 Å². The lowest BCUT2D eigenvalue weighted by Gasteiger charge is -2.18. The number of hydrogen-bond donors (Lipinski definition) is 1. The molecule has 0 radical (unpaired) electrons. The summed E-state index contributed by atoms with van der Waals surface area (Å²) < 4.78 is 1.77. The van der Waals surface area contributed by atoms with E-state index in [9.17, 15) is 4.79 Å². The third-order valence-electron chi connectivity index (χ3n) is 4.46. The van der Waals surface area contributed by atoms with Crippen LogP contribution in [0.3, 0.4) is 0 Å². The Hall–Kier alpha value is -2.88. The quantitative estimate of drug-likeness (QED) is 0.750. The van der Waals surface area contributed by atoms with Gasteiger partial charge in [0.2, 0.25) is 5.91 Å². The summed E-state index contributed by atoms with van der Waals surface area (Å²) in [4.78, 5) is 12.5. The third kappa shape index (κ3) is 4.35. The highest BCUT2D eigenvalue weighted by molar-refractivity contribution is 5.77. The molecule has 1 atom stereocenters. The number of nitrogens with one attached hydrogen (secondary N) is 1. The summed E-state index contributed by atoms with van der Waals surface area (Å²) in [6.45, 7) is 2.56. The summed E-state index contributed by atoms with van der Waals surface area (Å²) in [6.07, 6.45) is 2.16. The van der Waals surface area contributed by atoms with E-state index in [1.54, 1.807) is 10.9 Å². The van der Waals surface area contributed by atoms with E-state index in [0.717, 1.165) is 16.8 Å². The zero-order chi connectivity index (χ0) is 17.6. The van der Waals surface area contributed by atoms with Gasteiger partial charge in [-0.2, -0.15) is 5.10 Å². The molecule has 3 aromatic rings. The second kappa shape index (κ2) is 7.79. The summed E-state index contributed by atoms with van der Waals surface area (Å²) in [5, 5.41) is 7.13. The van der Waals surface area contributed by atoms with Crippen molar-refractivity contribution in [2.45, 2.75) is 25.8 Å². The van der Waals surface area contributed by atoms with E-state index in [2.05, 4.69) is 53.7 Å². The highest BCUT2D eigenvalue weighted by Crippen LogP contribution is 2.28. The number of hydrogen-bond acceptors (Lipinski definition) is 2. The molecule has 0 spiro atoms. The first-order chi connectivity index (χ1) is 12.1. The Morgan fingerprint density at radius 2 is 1.72 bits per heavy atom. The average Bonchev–Trinajstić information content (AvgIpc) is 3.04. The minimum Gasteiger partial charge on any atom is -0.350 e. The van der Waals surface area contributed by atoms with Crippen molar-refractivity contribution < 1.29 is 4.79 Å². The van der Waals surface area contributed by atoms with Crippen LogP contribution in [0.25, 0.3) is 0 Å². The fourth-order valence-corrected chi connectivity index (χ4v) is 2.93. The number of aromatic nitrogens is 2. The van der Waals surface area contributed by atoms with Crippen LogP contribution >= 0.6 is 0 Å². The summed E-state index contributed by atoms with van der Waals surface area (Å²) in [7, 11) is 1.88. The van der Waals surface area contributed by atoms with Crippen molar-refractivity contribution >= 4 is 5.91 Å². The monoisotopic (exact) mass is 333 g/mol. The van der Waals surface area contributed by atoms with E-state index in [0.29, 0.717) is 13.0 Å². The molecule has 3 rings (SSSR count). The Morgan fingerprint density at radius 3 is 2.36 bits per heavy atom. The molecule has 2 aromatic carbocycles. The largest absolute Gasteiger partial charge is 0.350 e. The molecule has 1 amide bonds. The van der Waals surface area contributed by atoms with Gasteiger partial charge in [0.1, 0.15) is 0 Å². The Labute approximate surface area is 148 Å². The molecule has 4 nitrogen and oxygen atoms in total. The van der Waals surface area contributed by atoms with Crippen LogP contribution in [0.2, 0.25) is 0 Å². The van der Waals surface area contributed by atoms with Crippen molar-refractivity contribution in [2.75, 3.05) is 0 Å². The molecule has 25 heavy (non-hydrogen) atoms. The van der Waals surface area contributed by atoms with Gasteiger partial charge in [-0.1, -0.05) is 60.2 Å². The summed E-state index contributed by atoms with van der Waals surface area (Å²) >= 11 is 0. The maximum Gasteiger partial charge on any atom is 0.221 e. The fourth-order valence-electron chi connectivity index (χ4n) is 2.93. The molecule has 1 unspecified atom stereocenters. The van der Waals surface area contributed by atoms with Crippen LogP contribution in [-0.2, 0) is 18.4 Å². The Bertz CT molecular complexity index is 822. The van der Waals surface area contributed by atoms with Crippen molar-refractivity contribution in [1.29, 1.82) is 0 Å². The Kier molecular flexibility index (Phi) is 5.29. The van der Waals surface area contributed by atoms with Gasteiger partial charge in [-0.05, 0) is 24.1 Å². The topological polar surface area (TPSA) is 46.9 Å². The van der Waals surface area contributed by atoms with Crippen molar-refractivity contribution in [2.24, 2.45) is 7.05 Å². The average molecular weight is 333 g/mol. The predicted molar refractivity (Wildman–Crippen MR) is 99.1 cm³/mol. The lowest BCUT2D eigenvalue weighted by molar-refractivity contribution is -0.121.